The van der Waals surface area contributed by atoms with E-state index in [9.17, 15) is 14.7 Å². The fraction of sp³-hybridized carbons (Fsp3) is 0.250. The van der Waals surface area contributed by atoms with Gasteiger partial charge in [-0.25, -0.2) is 4.68 Å². The van der Waals surface area contributed by atoms with Gasteiger partial charge in [0.1, 0.15) is 18.8 Å². The summed E-state index contributed by atoms with van der Waals surface area (Å²) in [7, 11) is 0. The van der Waals surface area contributed by atoms with Gasteiger partial charge in [-0.1, -0.05) is 18.2 Å². The van der Waals surface area contributed by atoms with E-state index >= 15 is 0 Å². The number of para-hydroxylation sites is 1. The highest BCUT2D eigenvalue weighted by Gasteiger charge is 2.36. The fourth-order valence-electron chi connectivity index (χ4n) is 2.33. The first-order valence-corrected chi connectivity index (χ1v) is 5.99. The van der Waals surface area contributed by atoms with Gasteiger partial charge >= 0.3 is 5.97 Å². The summed E-state index contributed by atoms with van der Waals surface area (Å²) in [4.78, 5) is 25.0. The first-order chi connectivity index (χ1) is 9.66. The Morgan fingerprint density at radius 1 is 1.35 bits per heavy atom. The summed E-state index contributed by atoms with van der Waals surface area (Å²) in [5.41, 5.74) is 1.29. The molecule has 1 N–H and O–H groups in total. The van der Waals surface area contributed by atoms with E-state index in [4.69, 9.17) is 0 Å². The Balaban J connectivity index is 1.88. The van der Waals surface area contributed by atoms with Gasteiger partial charge in [0.15, 0.2) is 0 Å². The van der Waals surface area contributed by atoms with Crippen LogP contribution in [0.4, 0.5) is 5.69 Å². The molecule has 102 valence electrons. The van der Waals surface area contributed by atoms with Crippen molar-refractivity contribution in [3.05, 3.63) is 36.2 Å². The van der Waals surface area contributed by atoms with Crippen LogP contribution in [0.25, 0.3) is 0 Å². The van der Waals surface area contributed by atoms with Gasteiger partial charge in [-0.15, -0.1) is 5.10 Å². The Kier molecular flexibility index (Phi) is 2.90. The largest absolute Gasteiger partial charge is 0.481 e. The van der Waals surface area contributed by atoms with Crippen LogP contribution in [0.15, 0.2) is 30.6 Å². The van der Waals surface area contributed by atoms with Gasteiger partial charge in [0, 0.05) is 12.2 Å². The lowest BCUT2D eigenvalue weighted by molar-refractivity contribution is -0.138. The molecule has 3 rings (SSSR count). The van der Waals surface area contributed by atoms with Crippen molar-refractivity contribution < 1.29 is 14.7 Å². The maximum Gasteiger partial charge on any atom is 0.312 e. The standard InChI is InChI=1S/C12H11N5O3/c18-11(6-16-7-13-14-15-16)17-5-9(12(19)20)8-3-1-2-4-10(8)17/h1-4,7,9H,5-6H2,(H,19,20)/t9-/m0/s1. The number of carbonyl (C=O) groups is 2. The predicted octanol–water partition coefficient (Wildman–Crippen LogP) is -0.112. The average Bonchev–Trinajstić information content (AvgIpc) is 3.05. The quantitative estimate of drug-likeness (QED) is 0.837. The number of benzene rings is 1. The predicted molar refractivity (Wildman–Crippen MR) is 67.0 cm³/mol. The Hall–Kier alpha value is -2.77. The number of tetrazole rings is 1. The maximum absolute atomic E-state index is 12.3. The van der Waals surface area contributed by atoms with Gasteiger partial charge < -0.3 is 10.0 Å². The van der Waals surface area contributed by atoms with E-state index in [0.29, 0.717) is 11.3 Å². The summed E-state index contributed by atoms with van der Waals surface area (Å²) in [6, 6.07) is 7.03. The van der Waals surface area contributed by atoms with E-state index in [1.54, 1.807) is 24.3 Å². The minimum atomic E-state index is -0.935. The summed E-state index contributed by atoms with van der Waals surface area (Å²) < 4.78 is 1.30. The fourth-order valence-corrected chi connectivity index (χ4v) is 2.33. The molecule has 1 aliphatic heterocycles. The second-order valence-electron chi connectivity index (χ2n) is 4.46. The van der Waals surface area contributed by atoms with Crippen LogP contribution in [-0.2, 0) is 16.1 Å². The molecule has 0 unspecified atom stereocenters. The zero-order valence-electron chi connectivity index (χ0n) is 10.4. The van der Waals surface area contributed by atoms with Crippen molar-refractivity contribution in [1.29, 1.82) is 0 Å². The molecule has 1 aromatic heterocycles. The molecule has 8 nitrogen and oxygen atoms in total. The number of amides is 1. The molecule has 2 aromatic rings. The third-order valence-electron chi connectivity index (χ3n) is 3.26. The maximum atomic E-state index is 12.3. The SMILES string of the molecule is O=C(O)[C@H]1CN(C(=O)Cn2cnnn2)c2ccccc21. The summed E-state index contributed by atoms with van der Waals surface area (Å²) in [6.45, 7) is 0.114. The van der Waals surface area contributed by atoms with Crippen LogP contribution in [0, 0.1) is 0 Å². The molecule has 0 spiro atoms. The van der Waals surface area contributed by atoms with Crippen molar-refractivity contribution in [2.24, 2.45) is 0 Å². The number of nitrogens with zero attached hydrogens (tertiary/aromatic N) is 5. The molecule has 1 aliphatic rings. The Morgan fingerprint density at radius 3 is 2.85 bits per heavy atom. The first kappa shape index (κ1) is 12.3. The summed E-state index contributed by atoms with van der Waals surface area (Å²) in [6.07, 6.45) is 1.34. The van der Waals surface area contributed by atoms with E-state index < -0.39 is 11.9 Å². The van der Waals surface area contributed by atoms with Gasteiger partial charge in [-0.2, -0.15) is 0 Å². The molecule has 0 bridgehead atoms. The number of anilines is 1. The van der Waals surface area contributed by atoms with Gasteiger partial charge in [0.2, 0.25) is 5.91 Å². The van der Waals surface area contributed by atoms with Crippen LogP contribution in [0.3, 0.4) is 0 Å². The summed E-state index contributed by atoms with van der Waals surface area (Å²) in [5.74, 6) is -1.87. The third-order valence-corrected chi connectivity index (χ3v) is 3.26. The van der Waals surface area contributed by atoms with Crippen LogP contribution in [0.5, 0.6) is 0 Å². The second-order valence-corrected chi connectivity index (χ2v) is 4.46. The highest BCUT2D eigenvalue weighted by atomic mass is 16.4. The Bertz CT molecular complexity index is 655. The van der Waals surface area contributed by atoms with Crippen LogP contribution in [0.1, 0.15) is 11.5 Å². The molecule has 2 heterocycles. The molecule has 20 heavy (non-hydrogen) atoms. The van der Waals surface area contributed by atoms with E-state index in [1.807, 2.05) is 0 Å². The van der Waals surface area contributed by atoms with E-state index in [0.717, 1.165) is 0 Å². The zero-order valence-corrected chi connectivity index (χ0v) is 10.4. The number of hydrogen-bond donors (Lipinski definition) is 1. The number of hydrogen-bond acceptors (Lipinski definition) is 5. The summed E-state index contributed by atoms with van der Waals surface area (Å²) in [5, 5.41) is 19.8. The second kappa shape index (κ2) is 4.72. The smallest absolute Gasteiger partial charge is 0.312 e. The average molecular weight is 273 g/mol. The van der Waals surface area contributed by atoms with Crippen LogP contribution < -0.4 is 4.90 Å². The molecule has 0 fully saturated rings. The monoisotopic (exact) mass is 273 g/mol. The number of aliphatic carboxylic acids is 1. The zero-order chi connectivity index (χ0) is 14.1. The van der Waals surface area contributed by atoms with Crippen molar-refractivity contribution in [2.75, 3.05) is 11.4 Å². The highest BCUT2D eigenvalue weighted by molar-refractivity contribution is 5.98. The minimum Gasteiger partial charge on any atom is -0.481 e. The van der Waals surface area contributed by atoms with Crippen LogP contribution in [-0.4, -0.2) is 43.7 Å². The third kappa shape index (κ3) is 2.00. The lowest BCUT2D eigenvalue weighted by atomic mass is 10.0. The molecular weight excluding hydrogens is 262 g/mol. The molecule has 0 radical (unpaired) electrons. The van der Waals surface area contributed by atoms with Crippen LogP contribution in [0.2, 0.25) is 0 Å². The lowest BCUT2D eigenvalue weighted by Crippen LogP contribution is -2.34. The number of aromatic nitrogens is 4. The summed E-state index contributed by atoms with van der Waals surface area (Å²) >= 11 is 0. The van der Waals surface area contributed by atoms with Gasteiger partial charge in [0.25, 0.3) is 0 Å². The normalized spacial score (nSPS) is 17.0. The topological polar surface area (TPSA) is 101 Å². The van der Waals surface area contributed by atoms with Gasteiger partial charge in [-0.05, 0) is 22.1 Å². The Labute approximate surface area is 113 Å². The molecule has 0 aliphatic carbocycles. The minimum absolute atomic E-state index is 0.0202. The molecule has 8 heteroatoms. The molecule has 1 aromatic carbocycles. The number of carbonyl (C=O) groups excluding carboxylic acids is 1. The van der Waals surface area contributed by atoms with Gasteiger partial charge in [-0.3, -0.25) is 9.59 Å². The van der Waals surface area contributed by atoms with E-state index in [1.165, 1.54) is 15.9 Å². The molecular formula is C12H11N5O3. The molecule has 1 atom stereocenters. The van der Waals surface area contributed by atoms with Crippen molar-refractivity contribution in [3.63, 3.8) is 0 Å². The number of carboxylic acids is 1. The van der Waals surface area contributed by atoms with Crippen molar-refractivity contribution in [2.45, 2.75) is 12.5 Å². The number of rotatable bonds is 3. The van der Waals surface area contributed by atoms with Crippen molar-refractivity contribution in [3.8, 4) is 0 Å². The van der Waals surface area contributed by atoms with E-state index in [2.05, 4.69) is 15.5 Å². The Morgan fingerprint density at radius 2 is 2.15 bits per heavy atom. The van der Waals surface area contributed by atoms with Gasteiger partial charge in [0.05, 0.1) is 0 Å². The molecule has 0 saturated heterocycles. The van der Waals surface area contributed by atoms with Crippen molar-refractivity contribution in [1.82, 2.24) is 20.2 Å². The number of carboxylic acid groups (broad SMARTS) is 1. The van der Waals surface area contributed by atoms with Crippen molar-refractivity contribution >= 4 is 17.6 Å². The first-order valence-electron chi connectivity index (χ1n) is 5.99. The number of fused-ring (bicyclic) bond motifs is 1. The molecule has 0 saturated carbocycles. The lowest BCUT2D eigenvalue weighted by Gasteiger charge is -2.16. The van der Waals surface area contributed by atoms with E-state index in [-0.39, 0.29) is 19.0 Å². The molecule has 1 amide bonds. The van der Waals surface area contributed by atoms with Crippen LogP contribution >= 0.6 is 0 Å². The highest BCUT2D eigenvalue weighted by Crippen LogP contribution is 2.36.